The van der Waals surface area contributed by atoms with Gasteiger partial charge in [-0.1, -0.05) is 43.2 Å². The van der Waals surface area contributed by atoms with E-state index >= 15 is 0 Å². The maximum absolute atomic E-state index is 12.7. The van der Waals surface area contributed by atoms with Crippen LogP contribution in [0.5, 0.6) is 0 Å². The van der Waals surface area contributed by atoms with Gasteiger partial charge in [0.05, 0.1) is 5.92 Å². The smallest absolute Gasteiger partial charge is 0.227 e. The summed E-state index contributed by atoms with van der Waals surface area (Å²) in [5.41, 5.74) is 1.24. The summed E-state index contributed by atoms with van der Waals surface area (Å²) >= 11 is 0. The molecule has 0 N–H and O–H groups in total. The van der Waals surface area contributed by atoms with Crippen molar-refractivity contribution in [3.63, 3.8) is 0 Å². The van der Waals surface area contributed by atoms with Gasteiger partial charge in [0.15, 0.2) is 0 Å². The third-order valence-corrected chi connectivity index (χ3v) is 4.99. The second-order valence-corrected chi connectivity index (χ2v) is 6.72. The van der Waals surface area contributed by atoms with E-state index in [0.717, 1.165) is 32.4 Å². The molecule has 1 atom stereocenters. The monoisotopic (exact) mass is 314 g/mol. The SMILES string of the molecule is O=C1C[C@@H](C(=O)N2CCCCCC2)CN1CCc1ccccc1. The molecule has 1 aromatic rings. The highest BCUT2D eigenvalue weighted by molar-refractivity contribution is 5.89. The molecule has 0 aliphatic carbocycles. The third-order valence-electron chi connectivity index (χ3n) is 4.99. The van der Waals surface area contributed by atoms with Crippen LogP contribution < -0.4 is 0 Å². The van der Waals surface area contributed by atoms with Crippen molar-refractivity contribution in [3.05, 3.63) is 35.9 Å². The predicted molar refractivity (Wildman–Crippen MR) is 89.9 cm³/mol. The van der Waals surface area contributed by atoms with Crippen LogP contribution in [0, 0.1) is 5.92 Å². The Morgan fingerprint density at radius 3 is 2.43 bits per heavy atom. The Morgan fingerprint density at radius 1 is 1.04 bits per heavy atom. The van der Waals surface area contributed by atoms with E-state index in [1.807, 2.05) is 28.0 Å². The zero-order chi connectivity index (χ0) is 16.1. The Bertz CT molecular complexity index is 536. The minimum absolute atomic E-state index is 0.128. The third kappa shape index (κ3) is 4.12. The maximum Gasteiger partial charge on any atom is 0.227 e. The number of carbonyl (C=O) groups is 2. The van der Waals surface area contributed by atoms with E-state index in [0.29, 0.717) is 19.5 Å². The fourth-order valence-electron chi connectivity index (χ4n) is 3.61. The Balaban J connectivity index is 1.53. The van der Waals surface area contributed by atoms with Crippen molar-refractivity contribution in [3.8, 4) is 0 Å². The molecule has 2 aliphatic rings. The number of amides is 2. The van der Waals surface area contributed by atoms with Crippen molar-refractivity contribution in [1.82, 2.24) is 9.80 Å². The van der Waals surface area contributed by atoms with Gasteiger partial charge in [0.2, 0.25) is 11.8 Å². The average molecular weight is 314 g/mol. The molecular weight excluding hydrogens is 288 g/mol. The molecule has 0 unspecified atom stereocenters. The van der Waals surface area contributed by atoms with E-state index in [1.165, 1.54) is 18.4 Å². The Morgan fingerprint density at radius 2 is 1.74 bits per heavy atom. The summed E-state index contributed by atoms with van der Waals surface area (Å²) in [5.74, 6) is 0.202. The maximum atomic E-state index is 12.7. The van der Waals surface area contributed by atoms with Crippen LogP contribution in [0.15, 0.2) is 30.3 Å². The summed E-state index contributed by atoms with van der Waals surface area (Å²) in [5, 5.41) is 0. The van der Waals surface area contributed by atoms with E-state index in [4.69, 9.17) is 0 Å². The Kier molecular flexibility index (Phi) is 5.31. The molecule has 2 aliphatic heterocycles. The molecule has 1 aromatic carbocycles. The number of carbonyl (C=O) groups excluding carboxylic acids is 2. The van der Waals surface area contributed by atoms with Gasteiger partial charge < -0.3 is 9.80 Å². The van der Waals surface area contributed by atoms with Gasteiger partial charge in [0, 0.05) is 32.6 Å². The zero-order valence-electron chi connectivity index (χ0n) is 13.7. The molecular formula is C19H26N2O2. The van der Waals surface area contributed by atoms with Crippen molar-refractivity contribution in [2.75, 3.05) is 26.2 Å². The summed E-state index contributed by atoms with van der Waals surface area (Å²) in [6.45, 7) is 3.05. The van der Waals surface area contributed by atoms with E-state index in [9.17, 15) is 9.59 Å². The molecule has 2 amide bonds. The molecule has 2 heterocycles. The number of hydrogen-bond donors (Lipinski definition) is 0. The van der Waals surface area contributed by atoms with Crippen LogP contribution in [0.3, 0.4) is 0 Å². The molecule has 2 fully saturated rings. The largest absolute Gasteiger partial charge is 0.342 e. The molecule has 4 nitrogen and oxygen atoms in total. The minimum Gasteiger partial charge on any atom is -0.342 e. The quantitative estimate of drug-likeness (QED) is 0.856. The Hall–Kier alpha value is -1.84. The summed E-state index contributed by atoms with van der Waals surface area (Å²) < 4.78 is 0. The first-order chi connectivity index (χ1) is 11.2. The first kappa shape index (κ1) is 16.0. The predicted octanol–water partition coefficient (Wildman–Crippen LogP) is 2.48. The number of likely N-dealkylation sites (tertiary alicyclic amines) is 2. The molecule has 3 rings (SSSR count). The number of benzene rings is 1. The molecule has 0 aromatic heterocycles. The molecule has 4 heteroatoms. The van der Waals surface area contributed by atoms with Crippen molar-refractivity contribution in [2.24, 2.45) is 5.92 Å². The molecule has 0 spiro atoms. The topological polar surface area (TPSA) is 40.6 Å². The van der Waals surface area contributed by atoms with Crippen molar-refractivity contribution < 1.29 is 9.59 Å². The van der Waals surface area contributed by atoms with Gasteiger partial charge in [0.25, 0.3) is 0 Å². The van der Waals surface area contributed by atoms with E-state index in [2.05, 4.69) is 12.1 Å². The lowest BCUT2D eigenvalue weighted by Crippen LogP contribution is -2.38. The summed E-state index contributed by atoms with van der Waals surface area (Å²) in [6.07, 6.45) is 5.89. The molecule has 124 valence electrons. The molecule has 23 heavy (non-hydrogen) atoms. The highest BCUT2D eigenvalue weighted by Gasteiger charge is 2.36. The molecule has 0 saturated carbocycles. The fourth-order valence-corrected chi connectivity index (χ4v) is 3.61. The standard InChI is InChI=1S/C19H26N2O2/c22-18-14-17(19(23)20-11-6-1-2-7-12-20)15-21(18)13-10-16-8-4-3-5-9-16/h3-5,8-9,17H,1-2,6-7,10-15H2/t17-/m1/s1. The summed E-state index contributed by atoms with van der Waals surface area (Å²) in [7, 11) is 0. The van der Waals surface area contributed by atoms with E-state index in [1.54, 1.807) is 0 Å². The molecule has 0 radical (unpaired) electrons. The first-order valence-corrected chi connectivity index (χ1v) is 8.84. The summed E-state index contributed by atoms with van der Waals surface area (Å²) in [6, 6.07) is 10.2. The van der Waals surface area contributed by atoms with Crippen LogP contribution in [0.4, 0.5) is 0 Å². The second kappa shape index (κ2) is 7.62. The molecule has 2 saturated heterocycles. The first-order valence-electron chi connectivity index (χ1n) is 8.84. The average Bonchev–Trinajstić information content (AvgIpc) is 2.78. The lowest BCUT2D eigenvalue weighted by Gasteiger charge is -2.24. The van der Waals surface area contributed by atoms with Gasteiger partial charge in [-0.15, -0.1) is 0 Å². The van der Waals surface area contributed by atoms with Gasteiger partial charge in [-0.25, -0.2) is 0 Å². The highest BCUT2D eigenvalue weighted by Crippen LogP contribution is 2.22. The second-order valence-electron chi connectivity index (χ2n) is 6.72. The van der Waals surface area contributed by atoms with E-state index in [-0.39, 0.29) is 17.7 Å². The van der Waals surface area contributed by atoms with Crippen LogP contribution in [-0.2, 0) is 16.0 Å². The normalized spacial score (nSPS) is 22.3. The van der Waals surface area contributed by atoms with Gasteiger partial charge >= 0.3 is 0 Å². The van der Waals surface area contributed by atoms with Gasteiger partial charge in [-0.3, -0.25) is 9.59 Å². The van der Waals surface area contributed by atoms with Crippen LogP contribution >= 0.6 is 0 Å². The van der Waals surface area contributed by atoms with Gasteiger partial charge in [-0.05, 0) is 24.8 Å². The van der Waals surface area contributed by atoms with Crippen molar-refractivity contribution in [1.29, 1.82) is 0 Å². The van der Waals surface area contributed by atoms with Crippen LogP contribution in [0.2, 0.25) is 0 Å². The Labute approximate surface area is 138 Å². The van der Waals surface area contributed by atoms with Gasteiger partial charge in [-0.2, -0.15) is 0 Å². The molecule has 0 bridgehead atoms. The van der Waals surface area contributed by atoms with Crippen LogP contribution in [0.1, 0.15) is 37.7 Å². The lowest BCUT2D eigenvalue weighted by atomic mass is 10.1. The number of nitrogens with zero attached hydrogens (tertiary/aromatic N) is 2. The van der Waals surface area contributed by atoms with Crippen LogP contribution in [0.25, 0.3) is 0 Å². The lowest BCUT2D eigenvalue weighted by molar-refractivity contribution is -0.135. The zero-order valence-corrected chi connectivity index (χ0v) is 13.7. The fraction of sp³-hybridized carbons (Fsp3) is 0.579. The van der Waals surface area contributed by atoms with E-state index < -0.39 is 0 Å². The van der Waals surface area contributed by atoms with Crippen molar-refractivity contribution in [2.45, 2.75) is 38.5 Å². The number of rotatable bonds is 4. The highest BCUT2D eigenvalue weighted by atomic mass is 16.2. The minimum atomic E-state index is -0.128. The van der Waals surface area contributed by atoms with Gasteiger partial charge in [0.1, 0.15) is 0 Å². The van der Waals surface area contributed by atoms with Crippen LogP contribution in [-0.4, -0.2) is 47.8 Å². The van der Waals surface area contributed by atoms with Crippen molar-refractivity contribution >= 4 is 11.8 Å². The summed E-state index contributed by atoms with van der Waals surface area (Å²) in [4.78, 5) is 28.7. The number of hydrogen-bond acceptors (Lipinski definition) is 2.